The average molecular weight is 174 g/mol. The van der Waals surface area contributed by atoms with Gasteiger partial charge in [-0.2, -0.15) is 0 Å². The summed E-state index contributed by atoms with van der Waals surface area (Å²) in [5.41, 5.74) is 0. The summed E-state index contributed by atoms with van der Waals surface area (Å²) in [6.07, 6.45) is 0. The van der Waals surface area contributed by atoms with Crippen molar-refractivity contribution < 1.29 is 24.2 Å². The fourth-order valence-electron chi connectivity index (χ4n) is 0. The van der Waals surface area contributed by atoms with Gasteiger partial charge in [0.25, 0.3) is 0 Å². The van der Waals surface area contributed by atoms with Gasteiger partial charge in [-0.25, -0.2) is 0 Å². The zero-order valence-corrected chi connectivity index (χ0v) is 5.73. The van der Waals surface area contributed by atoms with Crippen molar-refractivity contribution in [3.05, 3.63) is 0 Å². The van der Waals surface area contributed by atoms with E-state index in [0.717, 1.165) is 24.2 Å². The quantitative estimate of drug-likeness (QED) is 0.516. The Kier molecular flexibility index (Phi) is 3.42. The molecule has 0 atom stereocenters. The second kappa shape index (κ2) is 2.56. The molecule has 0 aromatic carbocycles. The predicted molar refractivity (Wildman–Crippen MR) is 16.7 cm³/mol. The summed E-state index contributed by atoms with van der Waals surface area (Å²) in [7, 11) is 0. The summed E-state index contributed by atoms with van der Waals surface area (Å²) in [5, 5.41) is 0. The van der Waals surface area contributed by atoms with Crippen molar-refractivity contribution in [2.24, 2.45) is 0 Å². The van der Waals surface area contributed by atoms with Crippen LogP contribution in [0.25, 0.3) is 0 Å². The Morgan fingerprint density at radius 3 is 1.50 bits per heavy atom. The summed E-state index contributed by atoms with van der Waals surface area (Å²) in [4.78, 5) is 0. The molecule has 0 aliphatic heterocycles. The number of hydrogen-bond donors (Lipinski definition) is 0. The molecule has 0 saturated carbocycles. The van der Waals surface area contributed by atoms with E-state index in [4.69, 9.17) is 23.2 Å². The van der Waals surface area contributed by atoms with E-state index in [9.17, 15) is 0 Å². The van der Waals surface area contributed by atoms with E-state index >= 15 is 0 Å². The van der Waals surface area contributed by atoms with Gasteiger partial charge in [0.05, 0.1) is 0 Å². The zero-order valence-electron chi connectivity index (χ0n) is 1.76. The van der Waals surface area contributed by atoms with Crippen LogP contribution >= 0.6 is 23.2 Å². The molecular weight excluding hydrogens is 174 g/mol. The predicted octanol–water partition coefficient (Wildman–Crippen LogP) is 1.10. The van der Waals surface area contributed by atoms with E-state index in [2.05, 4.69) is 0 Å². The Morgan fingerprint density at radius 2 is 1.50 bits per heavy atom. The summed E-state index contributed by atoms with van der Waals surface area (Å²) in [6.45, 7) is 0. The molecule has 0 rings (SSSR count). The van der Waals surface area contributed by atoms with E-state index in [1.165, 1.54) is 0 Å². The van der Waals surface area contributed by atoms with Crippen LogP contribution in [-0.2, 0) is 24.2 Å². The molecule has 0 unspecified atom stereocenters. The molecule has 0 saturated heterocycles. The van der Waals surface area contributed by atoms with Gasteiger partial charge in [0, 0.05) is 0 Å². The van der Waals surface area contributed by atoms with E-state index in [1.807, 2.05) is 0 Å². The van der Waals surface area contributed by atoms with Gasteiger partial charge in [0.15, 0.2) is 0 Å². The number of halogens is 2. The average Bonchev–Trinajstić information content (AvgIpc) is 0.811. The van der Waals surface area contributed by atoms with Crippen molar-refractivity contribution in [1.29, 1.82) is 0 Å². The van der Waals surface area contributed by atoms with Crippen molar-refractivity contribution >= 4 is 25.3 Å². The normalized spacial score (nSPS) is 6.25. The summed E-state index contributed by atoms with van der Waals surface area (Å²) in [5.74, 6) is 0. The molecule has 0 N–H and O–H groups in total. The van der Waals surface area contributed by atoms with Crippen LogP contribution in [0, 0.1) is 0 Å². The molecule has 0 aliphatic rings. The van der Waals surface area contributed by atoms with Crippen LogP contribution in [0.3, 0.4) is 0 Å². The summed E-state index contributed by atoms with van der Waals surface area (Å²) in [6, 6.07) is 0. The van der Waals surface area contributed by atoms with E-state index in [-0.39, 0.29) is 0 Å². The van der Waals surface area contributed by atoms with Crippen molar-refractivity contribution in [3.63, 3.8) is 0 Å². The maximum absolute atomic E-state index is 5.00. The molecule has 0 aromatic heterocycles. The van der Waals surface area contributed by atoms with Gasteiger partial charge in [-0.3, -0.25) is 0 Å². The third kappa shape index (κ3) is 10.2. The Balaban J connectivity index is 2.80. The molecule has 0 nitrogen and oxygen atoms in total. The van der Waals surface area contributed by atoms with Crippen molar-refractivity contribution in [3.8, 4) is 0 Å². The van der Waals surface area contributed by atoms with Crippen molar-refractivity contribution in [2.75, 3.05) is 0 Å². The van der Waals surface area contributed by atoms with Crippen LogP contribution in [0.15, 0.2) is 0 Å². The molecule has 0 aliphatic carbocycles. The molecule has 22 valence electrons. The molecule has 0 radical (unpaired) electrons. The standard InChI is InChI=1S/CCl2.Zr/c2-1-3;. The Morgan fingerprint density at radius 1 is 1.50 bits per heavy atom. The zero-order chi connectivity index (χ0) is 3.58. The van der Waals surface area contributed by atoms with Crippen LogP contribution in [0.2, 0.25) is 0 Å². The van der Waals surface area contributed by atoms with Gasteiger partial charge >= 0.3 is 49.6 Å². The topological polar surface area (TPSA) is 0 Å². The van der Waals surface area contributed by atoms with Gasteiger partial charge in [0.2, 0.25) is 0 Å². The van der Waals surface area contributed by atoms with Crippen LogP contribution in [-0.4, -0.2) is 2.12 Å². The second-order valence-electron chi connectivity index (χ2n) is 0.260. The first-order chi connectivity index (χ1) is 1.73. The Hall–Kier alpha value is 1.33. The van der Waals surface area contributed by atoms with Gasteiger partial charge in [0.1, 0.15) is 0 Å². The van der Waals surface area contributed by atoms with Crippen LogP contribution < -0.4 is 0 Å². The maximum atomic E-state index is 5.00. The third-order valence-electron chi connectivity index (χ3n) is 0. The van der Waals surface area contributed by atoms with Gasteiger partial charge in [-0.05, 0) is 0 Å². The molecule has 0 bridgehead atoms. The van der Waals surface area contributed by atoms with E-state index in [1.54, 1.807) is 0 Å². The van der Waals surface area contributed by atoms with E-state index < -0.39 is 0 Å². The second-order valence-corrected chi connectivity index (χ2v) is 4.00. The first kappa shape index (κ1) is 5.33. The van der Waals surface area contributed by atoms with Gasteiger partial charge in [-0.1, -0.05) is 0 Å². The first-order valence-corrected chi connectivity index (χ1v) is 2.61. The monoisotopic (exact) mass is 172 g/mol. The molecule has 0 spiro atoms. The van der Waals surface area contributed by atoms with E-state index in [0.29, 0.717) is 2.12 Å². The Labute approximate surface area is 49.4 Å². The van der Waals surface area contributed by atoms with Crippen LogP contribution in [0.1, 0.15) is 0 Å². The van der Waals surface area contributed by atoms with Gasteiger partial charge < -0.3 is 0 Å². The minimum atomic E-state index is 0.451. The molecular formula is CCl2Zr. The van der Waals surface area contributed by atoms with Crippen LogP contribution in [0.5, 0.6) is 0 Å². The summed E-state index contributed by atoms with van der Waals surface area (Å²) >= 11 is 11.1. The van der Waals surface area contributed by atoms with Crippen LogP contribution in [0.4, 0.5) is 0 Å². The van der Waals surface area contributed by atoms with Crippen molar-refractivity contribution in [2.45, 2.75) is 0 Å². The number of hydrogen-bond acceptors (Lipinski definition) is 0. The fraction of sp³-hybridized carbons (Fsp3) is 0. The first-order valence-electron chi connectivity index (χ1n) is 0.628. The number of rotatable bonds is 0. The molecule has 0 heterocycles. The molecule has 4 heavy (non-hydrogen) atoms. The molecule has 0 fully saturated rings. The SMILES string of the molecule is Cl[C](Cl)=[Zr]. The molecule has 0 aromatic rings. The molecule has 0 amide bonds. The summed E-state index contributed by atoms with van der Waals surface area (Å²) < 4.78 is 0.451. The van der Waals surface area contributed by atoms with Crippen molar-refractivity contribution in [1.82, 2.24) is 0 Å². The Bertz CT molecular complexity index is 29.0. The fourth-order valence-corrected chi connectivity index (χ4v) is 0. The third-order valence-corrected chi connectivity index (χ3v) is 0. The molecule has 3 heteroatoms. The van der Waals surface area contributed by atoms with Gasteiger partial charge in [-0.15, -0.1) is 0 Å². The minimum absolute atomic E-state index is 0.451.